The zero-order valence-corrected chi connectivity index (χ0v) is 19.2. The van der Waals surface area contributed by atoms with Crippen LogP contribution in [0.15, 0.2) is 54.6 Å². The highest BCUT2D eigenvalue weighted by molar-refractivity contribution is 5.87. The first-order chi connectivity index (χ1) is 15.5. The van der Waals surface area contributed by atoms with Crippen molar-refractivity contribution in [3.63, 3.8) is 0 Å². The molecule has 1 aliphatic carbocycles. The molecule has 0 spiro atoms. The Morgan fingerprint density at radius 3 is 2.19 bits per heavy atom. The minimum atomic E-state index is -1.41. The molecule has 1 atom stereocenters. The van der Waals surface area contributed by atoms with E-state index in [0.29, 0.717) is 24.8 Å². The molecule has 1 heterocycles. The zero-order chi connectivity index (χ0) is 22.6. The molecule has 171 valence electrons. The fraction of sp³-hybridized carbons (Fsp3) is 0.500. The summed E-state index contributed by atoms with van der Waals surface area (Å²) < 4.78 is 0. The van der Waals surface area contributed by atoms with Gasteiger partial charge in [0, 0.05) is 19.0 Å². The number of hydrogen-bond donors (Lipinski definition) is 2. The van der Waals surface area contributed by atoms with E-state index >= 15 is 0 Å². The molecule has 2 aromatic carbocycles. The largest absolute Gasteiger partial charge is 0.508 e. The number of hydrogen-bond acceptors (Lipinski definition) is 3. The predicted octanol–water partition coefficient (Wildman–Crippen LogP) is 5.24. The maximum atomic E-state index is 13.7. The standard InChI is InChI=1S/C28H36NO3/c1-2-22(20-21-12-14-26(30)15-13-21)23-16-18-29(19-17-23)27(31)28(32,25-10-6-7-11-25)24-8-4-3-5-9-24/h3-5,8-9,12-15,23,25,30,32H,2,6-7,10-11,16-20H2,1H3. The lowest BCUT2D eigenvalue weighted by Crippen LogP contribution is -2.53. The summed E-state index contributed by atoms with van der Waals surface area (Å²) in [6.45, 7) is 3.61. The molecule has 1 saturated carbocycles. The number of aromatic hydroxyl groups is 1. The number of likely N-dealkylation sites (tertiary alicyclic amines) is 1. The van der Waals surface area contributed by atoms with Gasteiger partial charge in [-0.25, -0.2) is 0 Å². The second kappa shape index (κ2) is 10.1. The average molecular weight is 435 g/mol. The molecule has 0 bridgehead atoms. The van der Waals surface area contributed by atoms with Crippen molar-refractivity contribution in [3.05, 3.63) is 71.6 Å². The molecule has 2 fully saturated rings. The van der Waals surface area contributed by atoms with E-state index in [1.54, 1.807) is 12.1 Å². The Morgan fingerprint density at radius 2 is 1.59 bits per heavy atom. The summed E-state index contributed by atoms with van der Waals surface area (Å²) in [5, 5.41) is 21.4. The van der Waals surface area contributed by atoms with Crippen LogP contribution < -0.4 is 0 Å². The molecule has 1 saturated heterocycles. The van der Waals surface area contributed by atoms with E-state index in [1.807, 2.05) is 47.4 Å². The Kier molecular flexibility index (Phi) is 7.20. The van der Waals surface area contributed by atoms with Crippen molar-refractivity contribution in [2.24, 2.45) is 11.8 Å². The average Bonchev–Trinajstić information content (AvgIpc) is 3.39. The number of nitrogens with zero attached hydrogens (tertiary/aromatic N) is 1. The van der Waals surface area contributed by atoms with Crippen LogP contribution in [0.5, 0.6) is 5.75 Å². The number of benzene rings is 2. The van der Waals surface area contributed by atoms with E-state index in [9.17, 15) is 15.0 Å². The summed E-state index contributed by atoms with van der Waals surface area (Å²) in [6, 6.07) is 17.1. The van der Waals surface area contributed by atoms with Crippen LogP contribution in [0.1, 0.15) is 63.0 Å². The molecule has 4 heteroatoms. The molecular formula is C28H36NO3. The zero-order valence-electron chi connectivity index (χ0n) is 19.2. The Hall–Kier alpha value is -2.33. The van der Waals surface area contributed by atoms with Gasteiger partial charge in [-0.15, -0.1) is 0 Å². The van der Waals surface area contributed by atoms with Gasteiger partial charge in [-0.05, 0) is 73.6 Å². The minimum Gasteiger partial charge on any atom is -0.508 e. The van der Waals surface area contributed by atoms with Crippen LogP contribution in [0.3, 0.4) is 0 Å². The van der Waals surface area contributed by atoms with Crippen molar-refractivity contribution >= 4 is 5.91 Å². The quantitative estimate of drug-likeness (QED) is 0.627. The smallest absolute Gasteiger partial charge is 0.259 e. The van der Waals surface area contributed by atoms with Crippen LogP contribution in [-0.4, -0.2) is 34.1 Å². The van der Waals surface area contributed by atoms with Gasteiger partial charge >= 0.3 is 0 Å². The summed E-state index contributed by atoms with van der Waals surface area (Å²) >= 11 is 0. The van der Waals surface area contributed by atoms with Crippen LogP contribution in [0.2, 0.25) is 0 Å². The molecule has 4 rings (SSSR count). The Labute approximate surface area is 192 Å². The maximum absolute atomic E-state index is 13.7. The van der Waals surface area contributed by atoms with Crippen molar-refractivity contribution < 1.29 is 15.0 Å². The molecule has 1 amide bonds. The molecular weight excluding hydrogens is 398 g/mol. The Morgan fingerprint density at radius 1 is 0.969 bits per heavy atom. The van der Waals surface area contributed by atoms with Gasteiger partial charge in [0.05, 0.1) is 0 Å². The van der Waals surface area contributed by atoms with Crippen LogP contribution in [-0.2, 0) is 16.8 Å². The third-order valence-electron chi connectivity index (χ3n) is 7.67. The van der Waals surface area contributed by atoms with Crippen molar-refractivity contribution in [1.29, 1.82) is 0 Å². The van der Waals surface area contributed by atoms with E-state index in [0.717, 1.165) is 56.9 Å². The number of rotatable bonds is 7. The van der Waals surface area contributed by atoms with E-state index in [1.165, 1.54) is 11.5 Å². The van der Waals surface area contributed by atoms with Crippen LogP contribution in [0, 0.1) is 17.8 Å². The predicted molar refractivity (Wildman–Crippen MR) is 127 cm³/mol. The summed E-state index contributed by atoms with van der Waals surface area (Å²) in [7, 11) is 0. The number of piperidine rings is 1. The molecule has 1 radical (unpaired) electrons. The van der Waals surface area contributed by atoms with E-state index in [4.69, 9.17) is 0 Å². The third-order valence-corrected chi connectivity index (χ3v) is 7.67. The summed E-state index contributed by atoms with van der Waals surface area (Å²) in [6.07, 6.45) is 7.83. The molecule has 2 aromatic rings. The highest BCUT2D eigenvalue weighted by Gasteiger charge is 2.48. The normalized spacial score (nSPS) is 19.9. The number of phenols is 1. The van der Waals surface area contributed by atoms with E-state index in [-0.39, 0.29) is 11.8 Å². The van der Waals surface area contributed by atoms with Crippen molar-refractivity contribution in [2.75, 3.05) is 13.1 Å². The minimum absolute atomic E-state index is 0.00221. The lowest BCUT2D eigenvalue weighted by atomic mass is 9.76. The highest BCUT2D eigenvalue weighted by Crippen LogP contribution is 2.43. The number of phenolic OH excluding ortho intramolecular Hbond substituents is 1. The van der Waals surface area contributed by atoms with Gasteiger partial charge in [0.1, 0.15) is 5.75 Å². The van der Waals surface area contributed by atoms with Gasteiger partial charge < -0.3 is 15.1 Å². The third kappa shape index (κ3) is 4.71. The Balaban J connectivity index is 1.44. The molecule has 0 aromatic heterocycles. The topological polar surface area (TPSA) is 60.8 Å². The first-order valence-electron chi connectivity index (χ1n) is 12.2. The van der Waals surface area contributed by atoms with Gasteiger partial charge in [-0.2, -0.15) is 0 Å². The van der Waals surface area contributed by atoms with Crippen molar-refractivity contribution in [3.8, 4) is 5.75 Å². The van der Waals surface area contributed by atoms with E-state index in [2.05, 4.69) is 6.92 Å². The van der Waals surface area contributed by atoms with Gasteiger partial charge in [-0.1, -0.05) is 62.2 Å². The molecule has 2 N–H and O–H groups in total. The SMILES string of the molecule is CC[C](Cc1ccc(O)cc1)C1CCN(C(=O)C(O)(c2ccccc2)C2CCCC2)CC1. The number of carbonyl (C=O) groups excluding carboxylic acids is 1. The van der Waals surface area contributed by atoms with E-state index < -0.39 is 5.60 Å². The Bertz CT molecular complexity index is 867. The van der Waals surface area contributed by atoms with Gasteiger partial charge in [0.2, 0.25) is 0 Å². The lowest BCUT2D eigenvalue weighted by molar-refractivity contribution is -0.160. The molecule has 32 heavy (non-hydrogen) atoms. The summed E-state index contributed by atoms with van der Waals surface area (Å²) in [4.78, 5) is 15.6. The second-order valence-electron chi connectivity index (χ2n) is 9.54. The number of amides is 1. The fourth-order valence-corrected chi connectivity index (χ4v) is 5.74. The summed E-state index contributed by atoms with van der Waals surface area (Å²) in [5.74, 6) is 2.20. The fourth-order valence-electron chi connectivity index (χ4n) is 5.74. The maximum Gasteiger partial charge on any atom is 0.259 e. The van der Waals surface area contributed by atoms with Crippen LogP contribution >= 0.6 is 0 Å². The number of carbonyl (C=O) groups is 1. The summed E-state index contributed by atoms with van der Waals surface area (Å²) in [5.41, 5.74) is 0.554. The first kappa shape index (κ1) is 22.8. The van der Waals surface area contributed by atoms with Crippen molar-refractivity contribution in [1.82, 2.24) is 4.90 Å². The molecule has 2 aliphatic rings. The highest BCUT2D eigenvalue weighted by atomic mass is 16.3. The molecule has 1 aliphatic heterocycles. The van der Waals surface area contributed by atoms with Gasteiger partial charge in [0.15, 0.2) is 5.60 Å². The first-order valence-corrected chi connectivity index (χ1v) is 12.2. The van der Waals surface area contributed by atoms with Gasteiger partial charge in [-0.3, -0.25) is 4.79 Å². The van der Waals surface area contributed by atoms with Crippen molar-refractivity contribution in [2.45, 2.75) is 63.9 Å². The number of aliphatic hydroxyl groups is 1. The second-order valence-corrected chi connectivity index (χ2v) is 9.54. The van der Waals surface area contributed by atoms with Gasteiger partial charge in [0.25, 0.3) is 5.91 Å². The molecule has 1 unspecified atom stereocenters. The molecule has 4 nitrogen and oxygen atoms in total. The van der Waals surface area contributed by atoms with Crippen LogP contribution in [0.25, 0.3) is 0 Å². The monoisotopic (exact) mass is 434 g/mol. The lowest BCUT2D eigenvalue weighted by Gasteiger charge is -2.41. The van der Waals surface area contributed by atoms with Crippen LogP contribution in [0.4, 0.5) is 0 Å².